The minimum absolute atomic E-state index is 0.0426. The van der Waals surface area contributed by atoms with Crippen molar-refractivity contribution < 1.29 is 79.6 Å². The highest BCUT2D eigenvalue weighted by atomic mass is 16.7. The average molecular weight is 755 g/mol. The lowest BCUT2D eigenvalue weighted by Gasteiger charge is -2.39. The summed E-state index contributed by atoms with van der Waals surface area (Å²) in [5.74, 6) is -2.38. The van der Waals surface area contributed by atoms with Crippen LogP contribution < -0.4 is 9.47 Å². The van der Waals surface area contributed by atoms with Gasteiger partial charge in [-0.25, -0.2) is 0 Å². The largest absolute Gasteiger partial charge is 0.506 e. The lowest BCUT2D eigenvalue weighted by Crippen LogP contribution is -2.60. The number of carbonyl (C=O) groups is 2. The van der Waals surface area contributed by atoms with E-state index in [-0.39, 0.29) is 55.3 Å². The Balaban J connectivity index is 1.62. The molecule has 2 saturated heterocycles. The highest BCUT2D eigenvalue weighted by Gasteiger charge is 2.46. The third-order valence-corrected chi connectivity index (χ3v) is 10.2. The van der Waals surface area contributed by atoms with Crippen LogP contribution in [0.15, 0.2) is 36.4 Å². The first-order valence-corrected chi connectivity index (χ1v) is 17.1. The van der Waals surface area contributed by atoms with Crippen molar-refractivity contribution in [2.45, 2.75) is 89.1 Å². The van der Waals surface area contributed by atoms with E-state index in [9.17, 15) is 60.7 Å². The third kappa shape index (κ3) is 6.33. The number of aliphatic hydroxyl groups is 8. The maximum atomic E-state index is 13.3. The molecule has 290 valence electrons. The summed E-state index contributed by atoms with van der Waals surface area (Å²) in [6.07, 6.45) is -16.4. The summed E-state index contributed by atoms with van der Waals surface area (Å²) in [4.78, 5) is 26.5. The lowest BCUT2D eigenvalue weighted by molar-refractivity contribution is -0.277. The van der Waals surface area contributed by atoms with E-state index in [1.54, 1.807) is 26.0 Å². The van der Waals surface area contributed by atoms with Crippen molar-refractivity contribution >= 4 is 33.1 Å². The van der Waals surface area contributed by atoms with E-state index in [4.69, 9.17) is 18.9 Å². The second-order valence-electron chi connectivity index (χ2n) is 13.5. The minimum Gasteiger partial charge on any atom is -0.506 e. The monoisotopic (exact) mass is 754 g/mol. The van der Waals surface area contributed by atoms with Gasteiger partial charge in [0.05, 0.1) is 35.1 Å². The maximum Gasteiger partial charge on any atom is 0.229 e. The van der Waals surface area contributed by atoms with Gasteiger partial charge in [-0.2, -0.15) is 0 Å². The predicted octanol–water partition coefficient (Wildman–Crippen LogP) is 0.451. The van der Waals surface area contributed by atoms with E-state index < -0.39 is 97.7 Å². The van der Waals surface area contributed by atoms with Gasteiger partial charge in [0.25, 0.3) is 0 Å². The summed E-state index contributed by atoms with van der Waals surface area (Å²) < 4.78 is 23.1. The van der Waals surface area contributed by atoms with Gasteiger partial charge >= 0.3 is 0 Å². The molecule has 4 aromatic rings. The first kappa shape index (κ1) is 39.2. The van der Waals surface area contributed by atoms with Crippen LogP contribution in [-0.4, -0.2) is 137 Å². The zero-order valence-electron chi connectivity index (χ0n) is 29.6. The zero-order chi connectivity index (χ0) is 39.5. The normalized spacial score (nSPS) is 28.7. The Morgan fingerprint density at radius 2 is 0.944 bits per heavy atom. The molecule has 0 spiro atoms. The van der Waals surface area contributed by atoms with Gasteiger partial charge in [-0.05, 0) is 72.9 Å². The fraction of sp³-hybridized carbons (Fsp3) is 0.421. The predicted molar refractivity (Wildman–Crippen MR) is 188 cm³/mol. The molecule has 2 fully saturated rings. The Hall–Kier alpha value is -4.46. The number of rotatable bonds is 9. The first-order valence-electron chi connectivity index (χ1n) is 17.1. The quantitative estimate of drug-likeness (QED) is 0.104. The molecule has 6 rings (SSSR count). The van der Waals surface area contributed by atoms with Crippen LogP contribution in [0.5, 0.6) is 23.0 Å². The summed E-state index contributed by atoms with van der Waals surface area (Å²) in [6, 6.07) is 9.08. The molecule has 0 aliphatic carbocycles. The SMILES string of the molecule is CC(=O)c1c(C)c(-c2c(C)c(C(C)=O)c(O)c3c(O[C@H]4O[C@H](CO)[C@H](O)[C@@H](O)[C@H]4O)cccc23)c2cccc(O[C@H]3O[C@H](CO)[C@H](O)[C@@H](O)[C@H]3O)c2c1O. The molecule has 54 heavy (non-hydrogen) atoms. The second-order valence-corrected chi connectivity index (χ2v) is 13.5. The number of aliphatic hydroxyl groups excluding tert-OH is 8. The number of phenolic OH excluding ortho intramolecular Hbond substituents is 2. The number of benzene rings is 4. The Kier molecular flexibility index (Phi) is 10.9. The number of phenols is 2. The molecule has 0 radical (unpaired) electrons. The molecule has 4 aromatic carbocycles. The van der Waals surface area contributed by atoms with Crippen LogP contribution in [0.1, 0.15) is 45.7 Å². The summed E-state index contributed by atoms with van der Waals surface area (Å²) in [5, 5.41) is 106. The molecular weight excluding hydrogens is 712 g/mol. The van der Waals surface area contributed by atoms with Crippen molar-refractivity contribution in [3.05, 3.63) is 58.7 Å². The summed E-state index contributed by atoms with van der Waals surface area (Å²) in [6.45, 7) is 4.17. The summed E-state index contributed by atoms with van der Waals surface area (Å²) in [5.41, 5.74) is 0.872. The number of hydrogen-bond donors (Lipinski definition) is 10. The zero-order valence-corrected chi connectivity index (χ0v) is 29.6. The number of hydrogen-bond acceptors (Lipinski definition) is 16. The van der Waals surface area contributed by atoms with E-state index in [1.165, 1.54) is 38.1 Å². The van der Waals surface area contributed by atoms with Crippen molar-refractivity contribution in [1.29, 1.82) is 0 Å². The van der Waals surface area contributed by atoms with Gasteiger partial charge in [0.1, 0.15) is 71.8 Å². The van der Waals surface area contributed by atoms with Gasteiger partial charge in [-0.15, -0.1) is 0 Å². The molecule has 0 saturated carbocycles. The third-order valence-electron chi connectivity index (χ3n) is 10.2. The van der Waals surface area contributed by atoms with E-state index >= 15 is 0 Å². The number of carbonyl (C=O) groups excluding carboxylic acids is 2. The maximum absolute atomic E-state index is 13.3. The van der Waals surface area contributed by atoms with Gasteiger partial charge in [-0.3, -0.25) is 9.59 Å². The Morgan fingerprint density at radius 3 is 1.26 bits per heavy atom. The number of ketones is 2. The van der Waals surface area contributed by atoms with Crippen molar-refractivity contribution in [1.82, 2.24) is 0 Å². The molecule has 10 atom stereocenters. The van der Waals surface area contributed by atoms with Crippen molar-refractivity contribution in [3.8, 4) is 34.1 Å². The molecule has 2 heterocycles. The van der Waals surface area contributed by atoms with Crippen molar-refractivity contribution in [3.63, 3.8) is 0 Å². The van der Waals surface area contributed by atoms with E-state index in [1.807, 2.05) is 0 Å². The van der Waals surface area contributed by atoms with Gasteiger partial charge in [0, 0.05) is 0 Å². The Morgan fingerprint density at radius 1 is 0.593 bits per heavy atom. The minimum atomic E-state index is -1.80. The fourth-order valence-electron chi connectivity index (χ4n) is 7.51. The number of ether oxygens (including phenoxy) is 4. The van der Waals surface area contributed by atoms with Crippen molar-refractivity contribution in [2.75, 3.05) is 13.2 Å². The second kappa shape index (κ2) is 15.0. The van der Waals surface area contributed by atoms with E-state index in [0.29, 0.717) is 11.1 Å². The highest BCUT2D eigenvalue weighted by Crippen LogP contribution is 2.51. The van der Waals surface area contributed by atoms with E-state index in [0.717, 1.165) is 0 Å². The summed E-state index contributed by atoms with van der Waals surface area (Å²) in [7, 11) is 0. The molecule has 0 unspecified atom stereocenters. The highest BCUT2D eigenvalue weighted by molar-refractivity contribution is 6.19. The Labute approximate surface area is 307 Å². The fourth-order valence-corrected chi connectivity index (χ4v) is 7.51. The molecule has 16 heteroatoms. The van der Waals surface area contributed by atoms with E-state index in [2.05, 4.69) is 0 Å². The summed E-state index contributed by atoms with van der Waals surface area (Å²) >= 11 is 0. The number of aromatic hydroxyl groups is 2. The van der Waals surface area contributed by atoms with Crippen LogP contribution in [-0.2, 0) is 9.47 Å². The van der Waals surface area contributed by atoms with Crippen molar-refractivity contribution in [2.24, 2.45) is 0 Å². The van der Waals surface area contributed by atoms with Gasteiger partial charge < -0.3 is 70.0 Å². The van der Waals surface area contributed by atoms with Crippen LogP contribution in [0.4, 0.5) is 0 Å². The molecule has 0 bridgehead atoms. The smallest absolute Gasteiger partial charge is 0.229 e. The molecule has 16 nitrogen and oxygen atoms in total. The number of fused-ring (bicyclic) bond motifs is 2. The average Bonchev–Trinajstić information content (AvgIpc) is 3.12. The topological polar surface area (TPSA) is 273 Å². The molecule has 10 N–H and O–H groups in total. The first-order chi connectivity index (χ1) is 25.5. The van der Waals surface area contributed by atoms with Crippen LogP contribution in [0.25, 0.3) is 32.7 Å². The van der Waals surface area contributed by atoms with Gasteiger partial charge in [0.15, 0.2) is 11.6 Å². The lowest BCUT2D eigenvalue weighted by atomic mass is 9.82. The standard InChI is InChI=1S/C38H42O16/c1-13-23(15(3)41)31(45)27-17(7-5-9-19(27)51-37-35(49)33(47)29(43)21(11-39)53-37)25(13)26-14(2)24(16(4)42)32(46)28-18(26)8-6-10-20(28)52-38-36(50)34(48)30(44)22(12-40)54-38/h5-10,21-22,29-30,33-40,43-50H,11-12H2,1-4H3/t21-,22-,29+,30+,33-,34-,35-,36-,37+,38+/m1/s1. The molecule has 2 aliphatic rings. The van der Waals surface area contributed by atoms with Gasteiger partial charge in [-0.1, -0.05) is 24.3 Å². The molecular formula is C38H42O16. The molecule has 2 aliphatic heterocycles. The van der Waals surface area contributed by atoms with Crippen LogP contribution >= 0.6 is 0 Å². The van der Waals surface area contributed by atoms with Crippen LogP contribution in [0, 0.1) is 13.8 Å². The van der Waals surface area contributed by atoms with Crippen LogP contribution in [0.3, 0.4) is 0 Å². The van der Waals surface area contributed by atoms with Crippen LogP contribution in [0.2, 0.25) is 0 Å². The number of Topliss-reactive ketones (excluding diaryl/α,β-unsaturated/α-hetero) is 2. The Bertz CT molecular complexity index is 1960. The molecule has 0 amide bonds. The molecule has 0 aromatic heterocycles. The van der Waals surface area contributed by atoms with Gasteiger partial charge in [0.2, 0.25) is 12.6 Å².